The molecule has 0 saturated carbocycles. The first-order chi connectivity index (χ1) is 7.86. The molecule has 1 aromatic carbocycles. The Bertz CT molecular complexity index is 385. The van der Waals surface area contributed by atoms with Gasteiger partial charge in [0.15, 0.2) is 0 Å². The lowest BCUT2D eigenvalue weighted by atomic mass is 9.81. The van der Waals surface area contributed by atoms with Crippen LogP contribution in [-0.4, -0.2) is 7.05 Å². The molecular weight excluding hydrogens is 206 g/mol. The molecule has 0 saturated heterocycles. The Labute approximate surface area is 106 Å². The van der Waals surface area contributed by atoms with Crippen LogP contribution >= 0.6 is 0 Å². The van der Waals surface area contributed by atoms with Crippen LogP contribution in [0, 0.1) is 0 Å². The van der Waals surface area contributed by atoms with Crippen molar-refractivity contribution in [3.63, 3.8) is 0 Å². The van der Waals surface area contributed by atoms with Gasteiger partial charge in [-0.25, -0.2) is 0 Å². The Morgan fingerprint density at radius 3 is 2.35 bits per heavy atom. The minimum absolute atomic E-state index is 0.181. The van der Waals surface area contributed by atoms with Crippen molar-refractivity contribution in [1.29, 1.82) is 0 Å². The van der Waals surface area contributed by atoms with Crippen molar-refractivity contribution in [2.24, 2.45) is 0 Å². The minimum Gasteiger partial charge on any atom is -0.313 e. The van der Waals surface area contributed by atoms with E-state index in [0.717, 1.165) is 6.42 Å². The van der Waals surface area contributed by atoms with E-state index in [-0.39, 0.29) is 5.41 Å². The lowest BCUT2D eigenvalue weighted by molar-refractivity contribution is 0.538. The van der Waals surface area contributed by atoms with E-state index in [1.165, 1.54) is 16.7 Å². The zero-order valence-corrected chi connectivity index (χ0v) is 11.8. The molecule has 0 aliphatic carbocycles. The highest BCUT2D eigenvalue weighted by atomic mass is 14.9. The maximum atomic E-state index is 4.02. The Kier molecular flexibility index (Phi) is 4.53. The van der Waals surface area contributed by atoms with Crippen LogP contribution in [-0.2, 0) is 5.41 Å². The van der Waals surface area contributed by atoms with Crippen LogP contribution in [0.15, 0.2) is 36.4 Å². The van der Waals surface area contributed by atoms with Crippen molar-refractivity contribution in [3.05, 3.63) is 47.5 Å². The Hall–Kier alpha value is -1.08. The molecule has 1 heteroatoms. The number of nitrogens with one attached hydrogen (secondary N) is 1. The van der Waals surface area contributed by atoms with Gasteiger partial charge in [0.05, 0.1) is 0 Å². The van der Waals surface area contributed by atoms with Gasteiger partial charge < -0.3 is 5.32 Å². The maximum Gasteiger partial charge on any atom is 0.0357 e. The summed E-state index contributed by atoms with van der Waals surface area (Å²) in [7, 11) is 2.02. The fourth-order valence-corrected chi connectivity index (χ4v) is 2.20. The Balaban J connectivity index is 3.15. The van der Waals surface area contributed by atoms with Gasteiger partial charge in [0.1, 0.15) is 0 Å². The summed E-state index contributed by atoms with van der Waals surface area (Å²) in [5, 5.41) is 3.40. The second kappa shape index (κ2) is 5.50. The van der Waals surface area contributed by atoms with Crippen molar-refractivity contribution in [2.45, 2.75) is 45.6 Å². The topological polar surface area (TPSA) is 12.0 Å². The van der Waals surface area contributed by atoms with Gasteiger partial charge in [0, 0.05) is 6.04 Å². The van der Waals surface area contributed by atoms with Crippen LogP contribution in [0.5, 0.6) is 0 Å². The Morgan fingerprint density at radius 2 is 1.88 bits per heavy atom. The van der Waals surface area contributed by atoms with E-state index < -0.39 is 0 Å². The summed E-state index contributed by atoms with van der Waals surface area (Å²) in [5.41, 5.74) is 4.21. The van der Waals surface area contributed by atoms with E-state index >= 15 is 0 Å². The molecule has 0 bridgehead atoms. The second-order valence-corrected chi connectivity index (χ2v) is 5.84. The molecule has 0 fully saturated rings. The van der Waals surface area contributed by atoms with Crippen molar-refractivity contribution < 1.29 is 0 Å². The van der Waals surface area contributed by atoms with E-state index in [2.05, 4.69) is 63.9 Å². The highest BCUT2D eigenvalue weighted by Crippen LogP contribution is 2.31. The molecule has 1 atom stereocenters. The lowest BCUT2D eigenvalue weighted by Crippen LogP contribution is -2.22. The predicted molar refractivity (Wildman–Crippen MR) is 76.4 cm³/mol. The van der Waals surface area contributed by atoms with E-state index in [4.69, 9.17) is 0 Å². The molecule has 0 aliphatic rings. The largest absolute Gasteiger partial charge is 0.313 e. The van der Waals surface area contributed by atoms with Gasteiger partial charge in [0.25, 0.3) is 0 Å². The van der Waals surface area contributed by atoms with Crippen LogP contribution in [0.3, 0.4) is 0 Å². The molecule has 1 rings (SSSR count). The summed E-state index contributed by atoms with van der Waals surface area (Å²) in [6.07, 6.45) is 0.990. The number of rotatable bonds is 4. The molecule has 1 N–H and O–H groups in total. The molecule has 0 aromatic heterocycles. The molecule has 1 aromatic rings. The van der Waals surface area contributed by atoms with E-state index in [1.54, 1.807) is 0 Å². The molecule has 1 unspecified atom stereocenters. The van der Waals surface area contributed by atoms with Gasteiger partial charge in [-0.3, -0.25) is 0 Å². The first-order valence-electron chi connectivity index (χ1n) is 6.27. The van der Waals surface area contributed by atoms with Crippen LogP contribution in [0.4, 0.5) is 0 Å². The van der Waals surface area contributed by atoms with Crippen LogP contribution in [0.1, 0.15) is 51.3 Å². The molecular formula is C16H25N. The predicted octanol–water partition coefficient (Wildman–Crippen LogP) is 4.21. The molecule has 0 aliphatic heterocycles. The zero-order chi connectivity index (χ0) is 13.1. The maximum absolute atomic E-state index is 4.02. The van der Waals surface area contributed by atoms with Crippen LogP contribution in [0.25, 0.3) is 0 Å². The summed E-state index contributed by atoms with van der Waals surface area (Å²) < 4.78 is 0. The summed E-state index contributed by atoms with van der Waals surface area (Å²) in [5.74, 6) is 0. The minimum atomic E-state index is 0.181. The highest BCUT2D eigenvalue weighted by molar-refractivity contribution is 5.35. The fraction of sp³-hybridized carbons (Fsp3) is 0.500. The average molecular weight is 231 g/mol. The first-order valence-corrected chi connectivity index (χ1v) is 6.27. The smallest absolute Gasteiger partial charge is 0.0357 e. The lowest BCUT2D eigenvalue weighted by Gasteiger charge is -2.27. The second-order valence-electron chi connectivity index (χ2n) is 5.84. The molecule has 0 spiro atoms. The van der Waals surface area contributed by atoms with Gasteiger partial charge in [-0.05, 0) is 36.9 Å². The standard InChI is InChI=1S/C16H25N/c1-12(2)11-15(17-6)13-9-7-8-10-14(13)16(3,4)5/h7-10,15,17H,1,11H2,2-6H3. The normalized spacial score (nSPS) is 13.5. The summed E-state index contributed by atoms with van der Waals surface area (Å²) in [6.45, 7) is 12.9. The molecule has 17 heavy (non-hydrogen) atoms. The summed E-state index contributed by atoms with van der Waals surface area (Å²) in [6, 6.07) is 9.07. The van der Waals surface area contributed by atoms with Crippen LogP contribution in [0.2, 0.25) is 0 Å². The van der Waals surface area contributed by atoms with E-state index in [0.29, 0.717) is 6.04 Å². The molecule has 1 nitrogen and oxygen atoms in total. The third-order valence-electron chi connectivity index (χ3n) is 3.05. The van der Waals surface area contributed by atoms with Gasteiger partial charge in [-0.15, -0.1) is 6.58 Å². The molecule has 0 radical (unpaired) electrons. The number of hydrogen-bond donors (Lipinski definition) is 1. The van der Waals surface area contributed by atoms with E-state index in [9.17, 15) is 0 Å². The molecule has 94 valence electrons. The number of hydrogen-bond acceptors (Lipinski definition) is 1. The van der Waals surface area contributed by atoms with Gasteiger partial charge in [0.2, 0.25) is 0 Å². The monoisotopic (exact) mass is 231 g/mol. The van der Waals surface area contributed by atoms with E-state index in [1.807, 2.05) is 7.05 Å². The van der Waals surface area contributed by atoms with Crippen molar-refractivity contribution >= 4 is 0 Å². The van der Waals surface area contributed by atoms with Gasteiger partial charge >= 0.3 is 0 Å². The van der Waals surface area contributed by atoms with Crippen molar-refractivity contribution in [2.75, 3.05) is 7.05 Å². The van der Waals surface area contributed by atoms with Gasteiger partial charge in [-0.2, -0.15) is 0 Å². The van der Waals surface area contributed by atoms with Crippen molar-refractivity contribution in [1.82, 2.24) is 5.32 Å². The SMILES string of the molecule is C=C(C)CC(NC)c1ccccc1C(C)(C)C. The number of benzene rings is 1. The third-order valence-corrected chi connectivity index (χ3v) is 3.05. The quantitative estimate of drug-likeness (QED) is 0.765. The Morgan fingerprint density at radius 1 is 1.29 bits per heavy atom. The summed E-state index contributed by atoms with van der Waals surface area (Å²) >= 11 is 0. The molecule has 0 amide bonds. The highest BCUT2D eigenvalue weighted by Gasteiger charge is 2.21. The van der Waals surface area contributed by atoms with Crippen LogP contribution < -0.4 is 5.32 Å². The fourth-order valence-electron chi connectivity index (χ4n) is 2.20. The molecule has 0 heterocycles. The first kappa shape index (κ1) is 14.0. The summed E-state index contributed by atoms with van der Waals surface area (Å²) in [4.78, 5) is 0. The third kappa shape index (κ3) is 3.71. The van der Waals surface area contributed by atoms with Crippen molar-refractivity contribution in [3.8, 4) is 0 Å². The van der Waals surface area contributed by atoms with Gasteiger partial charge in [-0.1, -0.05) is 50.6 Å². The average Bonchev–Trinajstić information content (AvgIpc) is 2.24. The zero-order valence-electron chi connectivity index (χ0n) is 11.8.